The van der Waals surface area contributed by atoms with Crippen molar-refractivity contribution in [3.05, 3.63) is 0 Å². The summed E-state index contributed by atoms with van der Waals surface area (Å²) in [7, 11) is 0. The summed E-state index contributed by atoms with van der Waals surface area (Å²) >= 11 is -4.96. The van der Waals surface area contributed by atoms with Gasteiger partial charge in [-0.2, -0.15) is 0 Å². The summed E-state index contributed by atoms with van der Waals surface area (Å²) in [5.74, 6) is 0. The lowest BCUT2D eigenvalue weighted by molar-refractivity contribution is 0.546. The Bertz CT molecular complexity index is 108. The lowest BCUT2D eigenvalue weighted by atomic mass is 10.3. The van der Waals surface area contributed by atoms with Crippen molar-refractivity contribution in [3.8, 4) is 0 Å². The average Bonchev–Trinajstić information content (AvgIpc) is 2.12. The Balaban J connectivity index is 2.24. The van der Waals surface area contributed by atoms with Crippen molar-refractivity contribution in [1.82, 2.24) is 4.72 Å². The fraction of sp³-hybridized carbons (Fsp3) is 1.00. The van der Waals surface area contributed by atoms with E-state index >= 15 is 0 Å². The molecule has 0 atom stereocenters. The van der Waals surface area contributed by atoms with E-state index in [0.29, 0.717) is 12.8 Å². The summed E-state index contributed by atoms with van der Waals surface area (Å²) in [6.07, 6.45) is 3.25. The predicted molar refractivity (Wildman–Crippen MR) is 36.3 cm³/mol. The predicted octanol–water partition coefficient (Wildman–Crippen LogP) is 2.89. The van der Waals surface area contributed by atoms with Gasteiger partial charge in [-0.05, 0) is 12.8 Å². The molecule has 0 unspecified atom stereocenters. The van der Waals surface area contributed by atoms with Crippen molar-refractivity contribution in [2.24, 2.45) is 0 Å². The molecule has 0 radical (unpaired) electrons. The molecule has 1 aliphatic rings. The summed E-state index contributed by atoms with van der Waals surface area (Å²) in [5.41, 5.74) is 0. The molecule has 0 aromatic rings. The summed E-state index contributed by atoms with van der Waals surface area (Å²) in [5, 5.41) is 0. The van der Waals surface area contributed by atoms with Gasteiger partial charge >= 0.3 is 0 Å². The second-order valence-corrected chi connectivity index (χ2v) is 3.55. The van der Waals surface area contributed by atoms with E-state index in [0.717, 1.165) is 12.8 Å². The SMILES string of the molecule is FS(F)(F)NC1CCCC1. The molecule has 1 nitrogen and oxygen atoms in total. The second kappa shape index (κ2) is 3.00. The molecule has 0 spiro atoms. The van der Waals surface area contributed by atoms with Gasteiger partial charge in [0, 0.05) is 6.04 Å². The second-order valence-electron chi connectivity index (χ2n) is 2.51. The maximum Gasteiger partial charge on any atom is 0.275 e. The maximum atomic E-state index is 11.7. The maximum absolute atomic E-state index is 11.7. The highest BCUT2D eigenvalue weighted by Gasteiger charge is 2.27. The lowest BCUT2D eigenvalue weighted by Gasteiger charge is -2.16. The van der Waals surface area contributed by atoms with E-state index in [2.05, 4.69) is 0 Å². The number of nitrogens with one attached hydrogen (secondary N) is 1. The monoisotopic (exact) mass is 173 g/mol. The minimum Gasteiger partial charge on any atom is -0.203 e. The van der Waals surface area contributed by atoms with Crippen LogP contribution < -0.4 is 4.72 Å². The number of halogens is 3. The Labute approximate surface area is 60.3 Å². The molecule has 1 fully saturated rings. The first-order chi connectivity index (χ1) is 4.58. The quantitative estimate of drug-likeness (QED) is 0.677. The van der Waals surface area contributed by atoms with Gasteiger partial charge in [-0.15, -0.1) is 11.7 Å². The standard InChI is InChI=1S/C5H10F3NS/c6-10(7,8)9-5-3-1-2-4-5/h5,9H,1-4H2. The molecular formula is C5H10F3NS. The number of hydrogen-bond acceptors (Lipinski definition) is 1. The highest BCUT2D eigenvalue weighted by atomic mass is 32.3. The zero-order valence-electron chi connectivity index (χ0n) is 5.45. The normalized spacial score (nSPS) is 23.5. The van der Waals surface area contributed by atoms with E-state index in [-0.39, 0.29) is 6.04 Å². The lowest BCUT2D eigenvalue weighted by Crippen LogP contribution is -2.23. The van der Waals surface area contributed by atoms with Crippen LogP contribution in [0, 0.1) is 0 Å². The fourth-order valence-electron chi connectivity index (χ4n) is 1.23. The topological polar surface area (TPSA) is 12.0 Å². The Morgan fingerprint density at radius 3 is 2.00 bits per heavy atom. The van der Waals surface area contributed by atoms with E-state index in [4.69, 9.17) is 0 Å². The van der Waals surface area contributed by atoms with Crippen LogP contribution in [0.1, 0.15) is 25.7 Å². The Morgan fingerprint density at radius 2 is 1.60 bits per heavy atom. The van der Waals surface area contributed by atoms with E-state index in [1.165, 1.54) is 0 Å². The molecule has 0 bridgehead atoms. The molecule has 5 heteroatoms. The van der Waals surface area contributed by atoms with Crippen LogP contribution in [-0.4, -0.2) is 6.04 Å². The molecule has 1 aliphatic carbocycles. The molecule has 0 aromatic carbocycles. The first kappa shape index (κ1) is 8.20. The third-order valence-corrected chi connectivity index (χ3v) is 2.26. The van der Waals surface area contributed by atoms with Gasteiger partial charge in [0.15, 0.2) is 0 Å². The van der Waals surface area contributed by atoms with Crippen molar-refractivity contribution in [2.75, 3.05) is 0 Å². The van der Waals surface area contributed by atoms with Crippen molar-refractivity contribution < 1.29 is 11.7 Å². The van der Waals surface area contributed by atoms with Crippen molar-refractivity contribution in [1.29, 1.82) is 0 Å². The minimum absolute atomic E-state index is 0.282. The van der Waals surface area contributed by atoms with Gasteiger partial charge in [0.2, 0.25) is 0 Å². The van der Waals surface area contributed by atoms with E-state index in [9.17, 15) is 11.7 Å². The van der Waals surface area contributed by atoms with E-state index < -0.39 is 11.4 Å². The van der Waals surface area contributed by atoms with E-state index in [1.54, 1.807) is 4.72 Å². The van der Waals surface area contributed by atoms with Gasteiger partial charge in [0.1, 0.15) is 0 Å². The first-order valence-electron chi connectivity index (χ1n) is 3.27. The van der Waals surface area contributed by atoms with Crippen LogP contribution >= 0.6 is 11.4 Å². The zero-order chi connectivity index (χ0) is 7.61. The Morgan fingerprint density at radius 1 is 1.10 bits per heavy atom. The third kappa shape index (κ3) is 2.79. The van der Waals surface area contributed by atoms with Crippen molar-refractivity contribution in [2.45, 2.75) is 31.7 Å². The number of hydrogen-bond donors (Lipinski definition) is 1. The highest BCUT2D eigenvalue weighted by Crippen LogP contribution is 2.50. The minimum atomic E-state index is -4.96. The van der Waals surface area contributed by atoms with Crippen LogP contribution in [0.3, 0.4) is 0 Å². The van der Waals surface area contributed by atoms with Crippen molar-refractivity contribution >= 4 is 11.4 Å². The van der Waals surface area contributed by atoms with Crippen LogP contribution in [-0.2, 0) is 0 Å². The van der Waals surface area contributed by atoms with Gasteiger partial charge in [0.25, 0.3) is 11.4 Å². The molecule has 1 saturated carbocycles. The third-order valence-electron chi connectivity index (χ3n) is 1.66. The van der Waals surface area contributed by atoms with Crippen molar-refractivity contribution in [3.63, 3.8) is 0 Å². The molecule has 0 heterocycles. The molecule has 1 N–H and O–H groups in total. The average molecular weight is 173 g/mol. The summed E-state index contributed by atoms with van der Waals surface area (Å²) in [6, 6.07) is -0.282. The molecule has 62 valence electrons. The largest absolute Gasteiger partial charge is 0.275 e. The van der Waals surface area contributed by atoms with Crippen LogP contribution in [0.5, 0.6) is 0 Å². The molecule has 0 aromatic heterocycles. The van der Waals surface area contributed by atoms with Crippen LogP contribution in [0.15, 0.2) is 0 Å². The molecule has 10 heavy (non-hydrogen) atoms. The molecule has 0 aliphatic heterocycles. The Kier molecular flexibility index (Phi) is 2.46. The Hall–Kier alpha value is 0.1000. The van der Waals surface area contributed by atoms with Gasteiger partial charge in [-0.25, -0.2) is 4.72 Å². The van der Waals surface area contributed by atoms with Gasteiger partial charge in [0.05, 0.1) is 0 Å². The van der Waals surface area contributed by atoms with Crippen LogP contribution in [0.2, 0.25) is 0 Å². The fourth-order valence-corrected chi connectivity index (χ4v) is 1.85. The summed E-state index contributed by atoms with van der Waals surface area (Å²) < 4.78 is 36.7. The molecule has 1 rings (SSSR count). The summed E-state index contributed by atoms with van der Waals surface area (Å²) in [4.78, 5) is 0. The highest BCUT2D eigenvalue weighted by molar-refractivity contribution is 8.19. The first-order valence-corrected chi connectivity index (χ1v) is 4.61. The molecule has 0 saturated heterocycles. The van der Waals surface area contributed by atoms with Crippen LogP contribution in [0.4, 0.5) is 11.7 Å². The smallest absolute Gasteiger partial charge is 0.203 e. The molecular weight excluding hydrogens is 163 g/mol. The van der Waals surface area contributed by atoms with Crippen LogP contribution in [0.25, 0.3) is 0 Å². The van der Waals surface area contributed by atoms with Gasteiger partial charge in [-0.1, -0.05) is 12.8 Å². The van der Waals surface area contributed by atoms with Gasteiger partial charge < -0.3 is 0 Å². The van der Waals surface area contributed by atoms with Gasteiger partial charge in [-0.3, -0.25) is 0 Å². The molecule has 0 amide bonds. The summed E-state index contributed by atoms with van der Waals surface area (Å²) in [6.45, 7) is 0. The number of rotatable bonds is 2. The zero-order valence-corrected chi connectivity index (χ0v) is 6.26. The van der Waals surface area contributed by atoms with E-state index in [1.807, 2.05) is 0 Å².